The van der Waals surface area contributed by atoms with Gasteiger partial charge in [-0.05, 0) is 51.8 Å². The highest BCUT2D eigenvalue weighted by Gasteiger charge is 2.14. The van der Waals surface area contributed by atoms with Crippen LogP contribution in [0.15, 0.2) is 24.3 Å². The number of benzene rings is 1. The summed E-state index contributed by atoms with van der Waals surface area (Å²) in [6.45, 7) is 7.68. The van der Waals surface area contributed by atoms with Crippen LogP contribution < -0.4 is 5.32 Å². The minimum atomic E-state index is -0.322. The Morgan fingerprint density at radius 3 is 2.42 bits per heavy atom. The van der Waals surface area contributed by atoms with Crippen molar-refractivity contribution in [3.63, 3.8) is 0 Å². The van der Waals surface area contributed by atoms with Gasteiger partial charge in [0, 0.05) is 6.04 Å². The van der Waals surface area contributed by atoms with Crippen molar-refractivity contribution in [3.05, 3.63) is 35.6 Å². The SMILES string of the molecule is CC(Cc1ccc(F)cc1)NC(=O)COC(C)(C)C. The summed E-state index contributed by atoms with van der Waals surface area (Å²) in [6, 6.07) is 6.29. The van der Waals surface area contributed by atoms with Crippen LogP contribution in [0.1, 0.15) is 33.3 Å². The molecule has 0 heterocycles. The first-order valence-corrected chi connectivity index (χ1v) is 6.44. The first kappa shape index (κ1) is 15.6. The number of amides is 1. The van der Waals surface area contributed by atoms with Crippen molar-refractivity contribution in [1.82, 2.24) is 5.32 Å². The summed E-state index contributed by atoms with van der Waals surface area (Å²) >= 11 is 0. The van der Waals surface area contributed by atoms with Crippen molar-refractivity contribution in [3.8, 4) is 0 Å². The monoisotopic (exact) mass is 267 g/mol. The minimum absolute atomic E-state index is 0.0125. The van der Waals surface area contributed by atoms with E-state index in [9.17, 15) is 9.18 Å². The summed E-state index contributed by atoms with van der Waals surface area (Å²) < 4.78 is 18.2. The van der Waals surface area contributed by atoms with Gasteiger partial charge in [0.2, 0.25) is 5.91 Å². The standard InChI is InChI=1S/C15H22FNO2/c1-11(9-12-5-7-13(16)8-6-12)17-14(18)10-19-15(2,3)4/h5-8,11H,9-10H2,1-4H3,(H,17,18). The smallest absolute Gasteiger partial charge is 0.246 e. The molecule has 1 aromatic rings. The molecule has 0 aliphatic carbocycles. The van der Waals surface area contributed by atoms with E-state index < -0.39 is 0 Å². The molecule has 1 amide bonds. The molecule has 0 radical (unpaired) electrons. The van der Waals surface area contributed by atoms with Gasteiger partial charge in [-0.3, -0.25) is 4.79 Å². The summed E-state index contributed by atoms with van der Waals surface area (Å²) in [6.07, 6.45) is 0.668. The molecular formula is C15H22FNO2. The van der Waals surface area contributed by atoms with E-state index in [-0.39, 0.29) is 30.0 Å². The van der Waals surface area contributed by atoms with Crippen LogP contribution in [0.25, 0.3) is 0 Å². The highest BCUT2D eigenvalue weighted by atomic mass is 19.1. The van der Waals surface area contributed by atoms with Crippen LogP contribution in [0.2, 0.25) is 0 Å². The summed E-state index contributed by atoms with van der Waals surface area (Å²) in [4.78, 5) is 11.6. The van der Waals surface area contributed by atoms with E-state index in [1.807, 2.05) is 27.7 Å². The van der Waals surface area contributed by atoms with E-state index in [1.54, 1.807) is 12.1 Å². The van der Waals surface area contributed by atoms with Gasteiger partial charge in [0.1, 0.15) is 12.4 Å². The van der Waals surface area contributed by atoms with Gasteiger partial charge in [-0.15, -0.1) is 0 Å². The lowest BCUT2D eigenvalue weighted by Crippen LogP contribution is -2.38. The zero-order valence-corrected chi connectivity index (χ0v) is 12.0. The van der Waals surface area contributed by atoms with Crippen molar-refractivity contribution in [2.24, 2.45) is 0 Å². The Kier molecular flexibility index (Phi) is 5.48. The maximum Gasteiger partial charge on any atom is 0.246 e. The molecule has 0 aromatic heterocycles. The molecule has 0 bridgehead atoms. The van der Waals surface area contributed by atoms with E-state index in [2.05, 4.69) is 5.32 Å². The third kappa shape index (κ3) is 6.91. The van der Waals surface area contributed by atoms with Crippen LogP contribution in [0.3, 0.4) is 0 Å². The van der Waals surface area contributed by atoms with Gasteiger partial charge < -0.3 is 10.1 Å². The van der Waals surface area contributed by atoms with Crippen molar-refractivity contribution < 1.29 is 13.9 Å². The Morgan fingerprint density at radius 2 is 1.89 bits per heavy atom. The van der Waals surface area contributed by atoms with Crippen LogP contribution in [0, 0.1) is 5.82 Å². The lowest BCUT2D eigenvalue weighted by atomic mass is 10.1. The first-order valence-electron chi connectivity index (χ1n) is 6.44. The summed E-state index contributed by atoms with van der Waals surface area (Å²) in [5.41, 5.74) is 0.670. The Bertz CT molecular complexity index is 409. The molecule has 1 rings (SSSR count). The van der Waals surface area contributed by atoms with E-state index >= 15 is 0 Å². The molecule has 0 saturated heterocycles. The highest BCUT2D eigenvalue weighted by Crippen LogP contribution is 2.07. The van der Waals surface area contributed by atoms with Gasteiger partial charge in [0.05, 0.1) is 5.60 Å². The second-order valence-corrected chi connectivity index (χ2v) is 5.70. The van der Waals surface area contributed by atoms with Crippen LogP contribution in [0.4, 0.5) is 4.39 Å². The molecule has 0 spiro atoms. The van der Waals surface area contributed by atoms with Gasteiger partial charge in [-0.1, -0.05) is 12.1 Å². The molecule has 1 N–H and O–H groups in total. The van der Waals surface area contributed by atoms with E-state index in [0.717, 1.165) is 5.56 Å². The first-order chi connectivity index (χ1) is 8.76. The lowest BCUT2D eigenvalue weighted by molar-refractivity contribution is -0.131. The van der Waals surface area contributed by atoms with Crippen molar-refractivity contribution >= 4 is 5.91 Å². The second-order valence-electron chi connectivity index (χ2n) is 5.70. The Labute approximate surface area is 114 Å². The Morgan fingerprint density at radius 1 is 1.32 bits per heavy atom. The normalized spacial score (nSPS) is 13.1. The average molecular weight is 267 g/mol. The second kappa shape index (κ2) is 6.66. The molecule has 4 heteroatoms. The quantitative estimate of drug-likeness (QED) is 0.890. The van der Waals surface area contributed by atoms with Crippen molar-refractivity contribution in [2.45, 2.75) is 45.8 Å². The van der Waals surface area contributed by atoms with Crippen LogP contribution in [-0.4, -0.2) is 24.2 Å². The van der Waals surface area contributed by atoms with E-state index in [4.69, 9.17) is 4.74 Å². The Balaban J connectivity index is 2.36. The van der Waals surface area contributed by atoms with Gasteiger partial charge in [0.25, 0.3) is 0 Å². The average Bonchev–Trinajstić information content (AvgIpc) is 2.29. The van der Waals surface area contributed by atoms with Gasteiger partial charge >= 0.3 is 0 Å². The molecule has 19 heavy (non-hydrogen) atoms. The molecule has 0 saturated carbocycles. The maximum absolute atomic E-state index is 12.8. The lowest BCUT2D eigenvalue weighted by Gasteiger charge is -2.20. The zero-order valence-electron chi connectivity index (χ0n) is 12.0. The number of hydrogen-bond donors (Lipinski definition) is 1. The molecule has 0 aliphatic heterocycles. The topological polar surface area (TPSA) is 38.3 Å². The van der Waals surface area contributed by atoms with Crippen LogP contribution in [0.5, 0.6) is 0 Å². The van der Waals surface area contributed by atoms with Gasteiger partial charge in [-0.25, -0.2) is 4.39 Å². The fourth-order valence-corrected chi connectivity index (χ4v) is 1.62. The van der Waals surface area contributed by atoms with Gasteiger partial charge in [0.15, 0.2) is 0 Å². The molecule has 3 nitrogen and oxygen atoms in total. The molecule has 0 fully saturated rings. The number of carbonyl (C=O) groups excluding carboxylic acids is 1. The van der Waals surface area contributed by atoms with Crippen molar-refractivity contribution in [1.29, 1.82) is 0 Å². The number of carbonyl (C=O) groups is 1. The third-order valence-corrected chi connectivity index (χ3v) is 2.50. The molecule has 1 aromatic carbocycles. The predicted molar refractivity (Wildman–Crippen MR) is 73.4 cm³/mol. The van der Waals surface area contributed by atoms with E-state index in [0.29, 0.717) is 6.42 Å². The molecule has 1 unspecified atom stereocenters. The number of hydrogen-bond acceptors (Lipinski definition) is 2. The number of rotatable bonds is 5. The number of halogens is 1. The minimum Gasteiger partial charge on any atom is -0.366 e. The fourth-order valence-electron chi connectivity index (χ4n) is 1.62. The third-order valence-electron chi connectivity index (χ3n) is 2.50. The van der Waals surface area contributed by atoms with Crippen LogP contribution >= 0.6 is 0 Å². The van der Waals surface area contributed by atoms with Gasteiger partial charge in [-0.2, -0.15) is 0 Å². The van der Waals surface area contributed by atoms with E-state index in [1.165, 1.54) is 12.1 Å². The molecular weight excluding hydrogens is 245 g/mol. The zero-order chi connectivity index (χ0) is 14.5. The highest BCUT2D eigenvalue weighted by molar-refractivity contribution is 5.77. The van der Waals surface area contributed by atoms with Crippen molar-refractivity contribution in [2.75, 3.05) is 6.61 Å². The summed E-state index contributed by atoms with van der Waals surface area (Å²) in [5, 5.41) is 2.86. The molecule has 1 atom stereocenters. The number of ether oxygens (including phenoxy) is 1. The fraction of sp³-hybridized carbons (Fsp3) is 0.533. The number of nitrogens with one attached hydrogen (secondary N) is 1. The largest absolute Gasteiger partial charge is 0.366 e. The predicted octanol–water partition coefficient (Wildman–Crippen LogP) is 2.69. The maximum atomic E-state index is 12.8. The Hall–Kier alpha value is -1.42. The summed E-state index contributed by atoms with van der Waals surface area (Å²) in [5.74, 6) is -0.386. The molecule has 106 valence electrons. The molecule has 0 aliphatic rings. The summed E-state index contributed by atoms with van der Waals surface area (Å²) in [7, 11) is 0. The van der Waals surface area contributed by atoms with Crippen LogP contribution in [-0.2, 0) is 16.0 Å².